The zero-order chi connectivity index (χ0) is 15.0. The fourth-order valence-corrected chi connectivity index (χ4v) is 4.71. The Labute approximate surface area is 125 Å². The van der Waals surface area contributed by atoms with Crippen molar-refractivity contribution < 1.29 is 13.2 Å². The first kappa shape index (κ1) is 17.5. The highest BCUT2D eigenvalue weighted by molar-refractivity contribution is 8.00. The first-order chi connectivity index (χ1) is 9.50. The second-order valence-electron chi connectivity index (χ2n) is 4.45. The molecule has 7 nitrogen and oxygen atoms in total. The predicted octanol–water partition coefficient (Wildman–Crippen LogP) is -0.348. The summed E-state index contributed by atoms with van der Waals surface area (Å²) in [6, 6.07) is 0. The first-order valence-corrected chi connectivity index (χ1v) is 9.73. The number of nitrogens with one attached hydrogen (secondary N) is 1. The molecule has 0 aromatic heterocycles. The van der Waals surface area contributed by atoms with Gasteiger partial charge >= 0.3 is 0 Å². The monoisotopic (exact) mass is 324 g/mol. The van der Waals surface area contributed by atoms with E-state index in [4.69, 9.17) is 10.6 Å². The molecule has 118 valence electrons. The van der Waals surface area contributed by atoms with Crippen LogP contribution in [0.15, 0.2) is 4.99 Å². The molecule has 1 aliphatic heterocycles. The standard InChI is InChI=1S/C11H24N4O3S2/c1-3-18-7-4-5-13-11(14-12)15-6-8-19-9-10(15)20(2,16)17/h10H,3-9,12H2,1-2H3,(H,13,14). The lowest BCUT2D eigenvalue weighted by Crippen LogP contribution is -2.55. The highest BCUT2D eigenvalue weighted by Crippen LogP contribution is 2.20. The van der Waals surface area contributed by atoms with Gasteiger partial charge in [-0.15, -0.1) is 0 Å². The largest absolute Gasteiger partial charge is 0.382 e. The zero-order valence-electron chi connectivity index (χ0n) is 12.0. The van der Waals surface area contributed by atoms with Crippen LogP contribution < -0.4 is 11.3 Å². The minimum atomic E-state index is -3.17. The molecule has 0 saturated carbocycles. The van der Waals surface area contributed by atoms with Crippen molar-refractivity contribution in [3.05, 3.63) is 0 Å². The van der Waals surface area contributed by atoms with Gasteiger partial charge in [-0.1, -0.05) is 0 Å². The van der Waals surface area contributed by atoms with Gasteiger partial charge in [0.15, 0.2) is 9.84 Å². The Morgan fingerprint density at radius 3 is 2.95 bits per heavy atom. The number of ether oxygens (including phenoxy) is 1. The van der Waals surface area contributed by atoms with E-state index < -0.39 is 15.2 Å². The van der Waals surface area contributed by atoms with Crippen molar-refractivity contribution in [2.75, 3.05) is 44.1 Å². The summed E-state index contributed by atoms with van der Waals surface area (Å²) >= 11 is 1.63. The second kappa shape index (κ2) is 8.71. The van der Waals surface area contributed by atoms with Gasteiger partial charge in [0.25, 0.3) is 0 Å². The third-order valence-electron chi connectivity index (χ3n) is 2.89. The molecule has 0 spiro atoms. The summed E-state index contributed by atoms with van der Waals surface area (Å²) in [5.41, 5.74) is 2.53. The van der Waals surface area contributed by atoms with E-state index in [1.54, 1.807) is 16.7 Å². The lowest BCUT2D eigenvalue weighted by molar-refractivity contribution is 0.146. The molecule has 0 radical (unpaired) electrons. The van der Waals surface area contributed by atoms with E-state index in [0.29, 0.717) is 38.0 Å². The predicted molar refractivity (Wildman–Crippen MR) is 83.4 cm³/mol. The number of hydrogen-bond donors (Lipinski definition) is 2. The van der Waals surface area contributed by atoms with Gasteiger partial charge in [0.05, 0.1) is 0 Å². The summed E-state index contributed by atoms with van der Waals surface area (Å²) in [7, 11) is -3.17. The van der Waals surface area contributed by atoms with Gasteiger partial charge in [-0.3, -0.25) is 10.4 Å². The molecule has 3 N–H and O–H groups in total. The molecule has 1 unspecified atom stereocenters. The topological polar surface area (TPSA) is 97.0 Å². The Hall–Kier alpha value is -0.510. The Balaban J connectivity index is 2.67. The number of aliphatic imine (C=N–C) groups is 1. The molecule has 1 saturated heterocycles. The van der Waals surface area contributed by atoms with E-state index in [2.05, 4.69) is 10.4 Å². The maximum absolute atomic E-state index is 11.8. The highest BCUT2D eigenvalue weighted by atomic mass is 32.2. The minimum absolute atomic E-state index is 0.442. The lowest BCUT2D eigenvalue weighted by atomic mass is 10.4. The van der Waals surface area contributed by atoms with Crippen molar-refractivity contribution in [2.45, 2.75) is 18.7 Å². The molecule has 1 heterocycles. The molecular formula is C11H24N4O3S2. The summed E-state index contributed by atoms with van der Waals surface area (Å²) in [4.78, 5) is 6.10. The van der Waals surface area contributed by atoms with E-state index in [9.17, 15) is 8.42 Å². The second-order valence-corrected chi connectivity index (χ2v) is 7.81. The molecule has 0 aromatic carbocycles. The van der Waals surface area contributed by atoms with Crippen LogP contribution in [-0.2, 0) is 14.6 Å². The van der Waals surface area contributed by atoms with Gasteiger partial charge in [0, 0.05) is 44.1 Å². The minimum Gasteiger partial charge on any atom is -0.382 e. The number of nitrogens with two attached hydrogens (primary N) is 1. The number of guanidine groups is 1. The number of nitrogens with zero attached hydrogens (tertiary/aromatic N) is 2. The molecule has 20 heavy (non-hydrogen) atoms. The van der Waals surface area contributed by atoms with Crippen molar-refractivity contribution in [1.82, 2.24) is 10.3 Å². The van der Waals surface area contributed by atoms with Gasteiger partial charge in [-0.2, -0.15) is 11.8 Å². The van der Waals surface area contributed by atoms with Crippen LogP contribution in [0, 0.1) is 0 Å². The Kier molecular flexibility index (Phi) is 7.63. The van der Waals surface area contributed by atoms with E-state index in [1.165, 1.54) is 6.26 Å². The first-order valence-electron chi connectivity index (χ1n) is 6.62. The van der Waals surface area contributed by atoms with Crippen LogP contribution in [0.4, 0.5) is 0 Å². The fraction of sp³-hybridized carbons (Fsp3) is 0.909. The van der Waals surface area contributed by atoms with E-state index >= 15 is 0 Å². The third-order valence-corrected chi connectivity index (χ3v) is 5.54. The SMILES string of the molecule is CCOCCCN=C(NN)N1CCSCC1S(C)(=O)=O. The maximum atomic E-state index is 11.8. The Morgan fingerprint density at radius 1 is 1.60 bits per heavy atom. The summed E-state index contributed by atoms with van der Waals surface area (Å²) in [6.07, 6.45) is 2.03. The summed E-state index contributed by atoms with van der Waals surface area (Å²) < 4.78 is 28.9. The van der Waals surface area contributed by atoms with Crippen molar-refractivity contribution in [3.63, 3.8) is 0 Å². The molecule has 0 amide bonds. The molecular weight excluding hydrogens is 300 g/mol. The van der Waals surface area contributed by atoms with Crippen molar-refractivity contribution in [3.8, 4) is 0 Å². The molecule has 1 aliphatic rings. The Morgan fingerprint density at radius 2 is 2.35 bits per heavy atom. The molecule has 1 fully saturated rings. The fourth-order valence-electron chi connectivity index (χ4n) is 1.89. The van der Waals surface area contributed by atoms with Crippen LogP contribution >= 0.6 is 11.8 Å². The van der Waals surface area contributed by atoms with Crippen LogP contribution in [0.5, 0.6) is 0 Å². The maximum Gasteiger partial charge on any atom is 0.209 e. The van der Waals surface area contributed by atoms with Gasteiger partial charge in [-0.25, -0.2) is 14.3 Å². The smallest absolute Gasteiger partial charge is 0.209 e. The average Bonchev–Trinajstić information content (AvgIpc) is 2.42. The van der Waals surface area contributed by atoms with Crippen LogP contribution in [0.25, 0.3) is 0 Å². The summed E-state index contributed by atoms with van der Waals surface area (Å²) in [5.74, 6) is 7.34. The van der Waals surface area contributed by atoms with Crippen molar-refractivity contribution >= 4 is 27.6 Å². The average molecular weight is 324 g/mol. The van der Waals surface area contributed by atoms with E-state index in [-0.39, 0.29) is 0 Å². The third kappa shape index (κ3) is 5.47. The van der Waals surface area contributed by atoms with Gasteiger partial charge < -0.3 is 9.64 Å². The van der Waals surface area contributed by atoms with Gasteiger partial charge in [0.2, 0.25) is 5.96 Å². The van der Waals surface area contributed by atoms with E-state index in [0.717, 1.165) is 12.2 Å². The van der Waals surface area contributed by atoms with Gasteiger partial charge in [-0.05, 0) is 13.3 Å². The Bertz CT molecular complexity index is 414. The number of rotatable bonds is 6. The molecule has 0 aliphatic carbocycles. The number of thioether (sulfide) groups is 1. The van der Waals surface area contributed by atoms with E-state index in [1.807, 2.05) is 6.92 Å². The normalized spacial score (nSPS) is 21.1. The lowest BCUT2D eigenvalue weighted by Gasteiger charge is -2.35. The number of hydrazine groups is 1. The quantitative estimate of drug-likeness (QED) is 0.227. The molecule has 9 heteroatoms. The van der Waals surface area contributed by atoms with Crippen molar-refractivity contribution in [1.29, 1.82) is 0 Å². The number of sulfone groups is 1. The van der Waals surface area contributed by atoms with Crippen LogP contribution in [0.2, 0.25) is 0 Å². The highest BCUT2D eigenvalue weighted by Gasteiger charge is 2.32. The zero-order valence-corrected chi connectivity index (χ0v) is 13.7. The molecule has 1 rings (SSSR count). The van der Waals surface area contributed by atoms with Crippen LogP contribution in [0.1, 0.15) is 13.3 Å². The van der Waals surface area contributed by atoms with Crippen molar-refractivity contribution in [2.24, 2.45) is 10.8 Å². The molecule has 0 bridgehead atoms. The number of hydrogen-bond acceptors (Lipinski definition) is 6. The van der Waals surface area contributed by atoms with Gasteiger partial charge in [0.1, 0.15) is 5.37 Å². The van der Waals surface area contributed by atoms with Crippen LogP contribution in [-0.4, -0.2) is 68.7 Å². The summed E-state index contributed by atoms with van der Waals surface area (Å²) in [5, 5.41) is -0.567. The summed E-state index contributed by atoms with van der Waals surface area (Å²) in [6.45, 7) is 4.45. The molecule has 1 atom stereocenters. The van der Waals surface area contributed by atoms with Crippen LogP contribution in [0.3, 0.4) is 0 Å². The molecule has 0 aromatic rings.